The lowest BCUT2D eigenvalue weighted by Gasteiger charge is -2.17. The summed E-state index contributed by atoms with van der Waals surface area (Å²) in [6.07, 6.45) is 3.33. The number of nitrogens with one attached hydrogen (secondary N) is 1. The summed E-state index contributed by atoms with van der Waals surface area (Å²) in [5, 5.41) is 11.1. The number of carbonyl (C=O) groups is 1. The van der Waals surface area contributed by atoms with E-state index < -0.39 is 0 Å². The van der Waals surface area contributed by atoms with Crippen LogP contribution in [0.3, 0.4) is 0 Å². The summed E-state index contributed by atoms with van der Waals surface area (Å²) in [5.41, 5.74) is 2.96. The van der Waals surface area contributed by atoms with Gasteiger partial charge < -0.3 is 10.2 Å². The minimum atomic E-state index is 0.206. The van der Waals surface area contributed by atoms with Crippen LogP contribution in [-0.2, 0) is 18.4 Å². The van der Waals surface area contributed by atoms with Gasteiger partial charge in [0, 0.05) is 31.4 Å². The van der Waals surface area contributed by atoms with Crippen molar-refractivity contribution in [3.05, 3.63) is 36.2 Å². The summed E-state index contributed by atoms with van der Waals surface area (Å²) in [4.78, 5) is 13.6. The van der Waals surface area contributed by atoms with E-state index in [1.165, 1.54) is 0 Å². The van der Waals surface area contributed by atoms with Gasteiger partial charge in [-0.3, -0.25) is 9.48 Å². The molecule has 1 aliphatic heterocycles. The SMILES string of the molecule is Cn1nncc1CNc1cccc(N2CCCC2=O)c1. The molecule has 6 heteroatoms. The monoisotopic (exact) mass is 271 g/mol. The standard InChI is InChI=1S/C14H17N5O/c1-18-13(10-16-17-18)9-15-11-4-2-5-12(8-11)19-7-3-6-14(19)20/h2,4-5,8,10,15H,3,6-7,9H2,1H3. The Labute approximate surface area is 117 Å². The molecule has 3 rings (SSSR count). The Bertz CT molecular complexity index is 622. The van der Waals surface area contributed by atoms with Gasteiger partial charge in [0.2, 0.25) is 5.91 Å². The van der Waals surface area contributed by atoms with E-state index in [1.807, 2.05) is 36.2 Å². The lowest BCUT2D eigenvalue weighted by Crippen LogP contribution is -2.23. The van der Waals surface area contributed by atoms with Gasteiger partial charge in [-0.25, -0.2) is 0 Å². The highest BCUT2D eigenvalue weighted by Crippen LogP contribution is 2.24. The smallest absolute Gasteiger partial charge is 0.227 e. The van der Waals surface area contributed by atoms with Crippen molar-refractivity contribution < 1.29 is 4.79 Å². The average molecular weight is 271 g/mol. The molecule has 104 valence electrons. The molecule has 1 saturated heterocycles. The van der Waals surface area contributed by atoms with Gasteiger partial charge in [-0.1, -0.05) is 11.3 Å². The molecule has 6 nitrogen and oxygen atoms in total. The molecule has 1 amide bonds. The first kappa shape index (κ1) is 12.7. The fourth-order valence-electron chi connectivity index (χ4n) is 2.37. The number of aromatic nitrogens is 3. The molecular formula is C14H17N5O. The molecule has 1 aromatic carbocycles. The molecule has 1 N–H and O–H groups in total. The molecule has 2 heterocycles. The Balaban J connectivity index is 1.71. The fraction of sp³-hybridized carbons (Fsp3) is 0.357. The molecule has 1 aromatic heterocycles. The second-order valence-corrected chi connectivity index (χ2v) is 4.90. The van der Waals surface area contributed by atoms with Crippen molar-refractivity contribution in [2.75, 3.05) is 16.8 Å². The number of aryl methyl sites for hydroxylation is 1. The topological polar surface area (TPSA) is 63.1 Å². The molecule has 0 aliphatic carbocycles. The van der Waals surface area contributed by atoms with Gasteiger partial charge in [-0.15, -0.1) is 5.10 Å². The van der Waals surface area contributed by atoms with E-state index in [0.717, 1.165) is 30.0 Å². The van der Waals surface area contributed by atoms with Crippen LogP contribution in [0.4, 0.5) is 11.4 Å². The van der Waals surface area contributed by atoms with Crippen molar-refractivity contribution in [2.24, 2.45) is 7.05 Å². The number of nitrogens with zero attached hydrogens (tertiary/aromatic N) is 4. The van der Waals surface area contributed by atoms with Gasteiger partial charge in [0.05, 0.1) is 18.4 Å². The molecule has 0 saturated carbocycles. The maximum atomic E-state index is 11.8. The van der Waals surface area contributed by atoms with Crippen LogP contribution in [0, 0.1) is 0 Å². The van der Waals surface area contributed by atoms with Crippen LogP contribution >= 0.6 is 0 Å². The number of rotatable bonds is 4. The van der Waals surface area contributed by atoms with Crippen LogP contribution in [-0.4, -0.2) is 27.4 Å². The molecule has 0 unspecified atom stereocenters. The number of hydrogen-bond donors (Lipinski definition) is 1. The normalized spacial score (nSPS) is 14.8. The van der Waals surface area contributed by atoms with Gasteiger partial charge >= 0.3 is 0 Å². The highest BCUT2D eigenvalue weighted by atomic mass is 16.2. The molecule has 0 bridgehead atoms. The van der Waals surface area contributed by atoms with Crippen LogP contribution < -0.4 is 10.2 Å². The third-order valence-electron chi connectivity index (χ3n) is 3.51. The van der Waals surface area contributed by atoms with Crippen LogP contribution in [0.25, 0.3) is 0 Å². The Kier molecular flexibility index (Phi) is 3.37. The van der Waals surface area contributed by atoms with Crippen molar-refractivity contribution in [2.45, 2.75) is 19.4 Å². The average Bonchev–Trinajstić information content (AvgIpc) is 3.05. The highest BCUT2D eigenvalue weighted by Gasteiger charge is 2.21. The second-order valence-electron chi connectivity index (χ2n) is 4.90. The van der Waals surface area contributed by atoms with Crippen molar-refractivity contribution in [1.82, 2.24) is 15.0 Å². The minimum Gasteiger partial charge on any atom is -0.379 e. The van der Waals surface area contributed by atoms with Crippen LogP contribution in [0.2, 0.25) is 0 Å². The number of amides is 1. The van der Waals surface area contributed by atoms with Gasteiger partial charge in [0.25, 0.3) is 0 Å². The molecule has 2 aromatic rings. The number of hydrogen-bond acceptors (Lipinski definition) is 4. The molecule has 20 heavy (non-hydrogen) atoms. The lowest BCUT2D eigenvalue weighted by atomic mass is 10.2. The van der Waals surface area contributed by atoms with Crippen molar-refractivity contribution >= 4 is 17.3 Å². The first-order chi connectivity index (χ1) is 9.74. The van der Waals surface area contributed by atoms with E-state index in [-0.39, 0.29) is 5.91 Å². The number of anilines is 2. The zero-order chi connectivity index (χ0) is 13.9. The predicted octanol–water partition coefficient (Wildman–Crippen LogP) is 1.55. The lowest BCUT2D eigenvalue weighted by molar-refractivity contribution is -0.117. The maximum absolute atomic E-state index is 11.8. The molecule has 1 aliphatic rings. The zero-order valence-corrected chi connectivity index (χ0v) is 11.4. The number of carbonyl (C=O) groups excluding carboxylic acids is 1. The molecule has 1 fully saturated rings. The first-order valence-electron chi connectivity index (χ1n) is 6.72. The summed E-state index contributed by atoms with van der Waals surface area (Å²) in [6.45, 7) is 1.47. The van der Waals surface area contributed by atoms with Crippen molar-refractivity contribution in [3.63, 3.8) is 0 Å². The zero-order valence-electron chi connectivity index (χ0n) is 11.4. The van der Waals surface area contributed by atoms with E-state index >= 15 is 0 Å². The second kappa shape index (κ2) is 5.32. The molecule has 0 atom stereocenters. The third-order valence-corrected chi connectivity index (χ3v) is 3.51. The summed E-state index contributed by atoms with van der Waals surface area (Å²) in [6, 6.07) is 7.94. The molecular weight excluding hydrogens is 254 g/mol. The van der Waals surface area contributed by atoms with Gasteiger partial charge in [-0.05, 0) is 24.6 Å². The predicted molar refractivity (Wildman–Crippen MR) is 76.4 cm³/mol. The van der Waals surface area contributed by atoms with Crippen LogP contribution in [0.15, 0.2) is 30.5 Å². The number of benzene rings is 1. The Morgan fingerprint density at radius 2 is 2.30 bits per heavy atom. The van der Waals surface area contributed by atoms with Crippen LogP contribution in [0.5, 0.6) is 0 Å². The summed E-state index contributed by atoms with van der Waals surface area (Å²) in [5.74, 6) is 0.206. The van der Waals surface area contributed by atoms with E-state index in [1.54, 1.807) is 10.9 Å². The van der Waals surface area contributed by atoms with Crippen molar-refractivity contribution in [1.29, 1.82) is 0 Å². The fourth-order valence-corrected chi connectivity index (χ4v) is 2.37. The van der Waals surface area contributed by atoms with Gasteiger partial charge in [0.1, 0.15) is 0 Å². The quantitative estimate of drug-likeness (QED) is 0.916. The van der Waals surface area contributed by atoms with Crippen molar-refractivity contribution in [3.8, 4) is 0 Å². The summed E-state index contributed by atoms with van der Waals surface area (Å²) in [7, 11) is 1.86. The summed E-state index contributed by atoms with van der Waals surface area (Å²) < 4.78 is 1.74. The van der Waals surface area contributed by atoms with E-state index in [9.17, 15) is 4.79 Å². The first-order valence-corrected chi connectivity index (χ1v) is 6.72. The summed E-state index contributed by atoms with van der Waals surface area (Å²) >= 11 is 0. The Morgan fingerprint density at radius 3 is 3.00 bits per heavy atom. The Morgan fingerprint density at radius 1 is 1.40 bits per heavy atom. The Hall–Kier alpha value is -2.37. The van der Waals surface area contributed by atoms with Crippen LogP contribution in [0.1, 0.15) is 18.5 Å². The third kappa shape index (κ3) is 2.49. The largest absolute Gasteiger partial charge is 0.379 e. The molecule has 0 radical (unpaired) electrons. The van der Waals surface area contributed by atoms with Gasteiger partial charge in [0.15, 0.2) is 0 Å². The van der Waals surface area contributed by atoms with E-state index in [2.05, 4.69) is 15.6 Å². The van der Waals surface area contributed by atoms with E-state index in [4.69, 9.17) is 0 Å². The highest BCUT2D eigenvalue weighted by molar-refractivity contribution is 5.95. The maximum Gasteiger partial charge on any atom is 0.227 e. The minimum absolute atomic E-state index is 0.206. The van der Waals surface area contributed by atoms with E-state index in [0.29, 0.717) is 13.0 Å². The molecule has 0 spiro atoms. The van der Waals surface area contributed by atoms with Gasteiger partial charge in [-0.2, -0.15) is 0 Å².